The Hall–Kier alpha value is -3.50. The number of nitrogens with one attached hydrogen (secondary N) is 1. The van der Waals surface area contributed by atoms with Gasteiger partial charge in [0.15, 0.2) is 5.36 Å². The summed E-state index contributed by atoms with van der Waals surface area (Å²) < 4.78 is 31.7. The number of alkyl halides is 3. The number of pyridine rings is 2. The molecule has 3 N–H and O–H groups in total. The zero-order valence-corrected chi connectivity index (χ0v) is 12.2. The molecule has 0 aliphatic carbocycles. The minimum absolute atomic E-state index is 0.0216. The fourth-order valence-electron chi connectivity index (χ4n) is 1.87. The number of rotatable bonds is 0. The molecule has 3 rings (SSSR count). The van der Waals surface area contributed by atoms with Gasteiger partial charge in [0.2, 0.25) is 5.43 Å². The van der Waals surface area contributed by atoms with E-state index in [9.17, 15) is 18.0 Å². The third-order valence-electron chi connectivity index (χ3n) is 2.94. The first-order chi connectivity index (χ1) is 11.8. The standard InChI is InChI=1S/C12H8N4O2.C2HF3O2/c17-11-8-2-1-4-14-12(8)15-9-6-13-5-3-7(9)10(11)16-18;3-2(4,5)1(6)7/h1-6,18H,(H,14,15);(H,6,7). The van der Waals surface area contributed by atoms with E-state index in [1.54, 1.807) is 30.6 Å². The molecule has 0 atom stereocenters. The Morgan fingerprint density at radius 1 is 1.20 bits per heavy atom. The van der Waals surface area contributed by atoms with Gasteiger partial charge < -0.3 is 15.3 Å². The second-order valence-electron chi connectivity index (χ2n) is 4.53. The van der Waals surface area contributed by atoms with Gasteiger partial charge in [-0.2, -0.15) is 13.2 Å². The largest absolute Gasteiger partial charge is 0.490 e. The summed E-state index contributed by atoms with van der Waals surface area (Å²) in [4.78, 5) is 32.2. The number of aromatic amines is 1. The number of fused-ring (bicyclic) bond motifs is 2. The van der Waals surface area contributed by atoms with Gasteiger partial charge in [0.1, 0.15) is 5.65 Å². The fraction of sp³-hybridized carbons (Fsp3) is 0.0714. The van der Waals surface area contributed by atoms with E-state index in [4.69, 9.17) is 15.1 Å². The van der Waals surface area contributed by atoms with Gasteiger partial charge in [0.05, 0.1) is 17.1 Å². The maximum Gasteiger partial charge on any atom is 0.490 e. The molecule has 3 aromatic rings. The summed E-state index contributed by atoms with van der Waals surface area (Å²) in [7, 11) is 0. The number of hydrogen-bond donors (Lipinski definition) is 3. The highest BCUT2D eigenvalue weighted by atomic mass is 19.4. The van der Waals surface area contributed by atoms with E-state index >= 15 is 0 Å². The number of carbonyl (C=O) groups is 1. The lowest BCUT2D eigenvalue weighted by Gasteiger charge is -1.93. The maximum absolute atomic E-state index is 12.2. The van der Waals surface area contributed by atoms with E-state index in [-0.39, 0.29) is 10.8 Å². The average Bonchev–Trinajstić information content (AvgIpc) is 2.68. The Labute approximate surface area is 135 Å². The molecule has 0 saturated carbocycles. The first kappa shape index (κ1) is 17.8. The Kier molecular flexibility index (Phi) is 4.96. The van der Waals surface area contributed by atoms with Gasteiger partial charge in [-0.1, -0.05) is 5.16 Å². The van der Waals surface area contributed by atoms with E-state index in [2.05, 4.69) is 20.1 Å². The summed E-state index contributed by atoms with van der Waals surface area (Å²) in [6, 6.07) is 4.89. The van der Waals surface area contributed by atoms with Gasteiger partial charge >= 0.3 is 12.1 Å². The second kappa shape index (κ2) is 6.95. The number of nitrogens with zero attached hydrogens (tertiary/aromatic N) is 3. The van der Waals surface area contributed by atoms with Crippen LogP contribution in [0.5, 0.6) is 0 Å². The van der Waals surface area contributed by atoms with Crippen molar-refractivity contribution in [2.75, 3.05) is 0 Å². The van der Waals surface area contributed by atoms with E-state index in [0.717, 1.165) is 0 Å². The maximum atomic E-state index is 12.2. The van der Waals surface area contributed by atoms with Crippen LogP contribution in [0.15, 0.2) is 46.7 Å². The van der Waals surface area contributed by atoms with Crippen LogP contribution in [-0.2, 0) is 4.79 Å². The normalized spacial score (nSPS) is 11.9. The topological polar surface area (TPSA) is 129 Å². The Morgan fingerprint density at radius 2 is 1.88 bits per heavy atom. The van der Waals surface area contributed by atoms with Gasteiger partial charge in [-0.05, 0) is 18.2 Å². The molecule has 0 unspecified atom stereocenters. The van der Waals surface area contributed by atoms with Crippen molar-refractivity contribution >= 4 is 27.9 Å². The number of carboxylic acid groups (broad SMARTS) is 1. The fourth-order valence-corrected chi connectivity index (χ4v) is 1.87. The van der Waals surface area contributed by atoms with Crippen LogP contribution in [0.4, 0.5) is 13.2 Å². The Balaban J connectivity index is 0.000000277. The molecule has 0 aliphatic rings. The van der Waals surface area contributed by atoms with Crippen LogP contribution in [0.3, 0.4) is 0 Å². The van der Waals surface area contributed by atoms with Crippen LogP contribution >= 0.6 is 0 Å². The summed E-state index contributed by atoms with van der Waals surface area (Å²) in [6.45, 7) is 0. The molecular weight excluding hydrogens is 345 g/mol. The molecule has 3 aromatic heterocycles. The highest BCUT2D eigenvalue weighted by molar-refractivity contribution is 5.84. The predicted molar refractivity (Wildman–Crippen MR) is 78.7 cm³/mol. The lowest BCUT2D eigenvalue weighted by atomic mass is 10.2. The second-order valence-corrected chi connectivity index (χ2v) is 4.53. The lowest BCUT2D eigenvalue weighted by molar-refractivity contribution is -0.192. The van der Waals surface area contributed by atoms with E-state index in [1.165, 1.54) is 6.20 Å². The highest BCUT2D eigenvalue weighted by Crippen LogP contribution is 2.13. The lowest BCUT2D eigenvalue weighted by Crippen LogP contribution is -2.23. The predicted octanol–water partition coefficient (Wildman–Crippen LogP) is 1.39. The number of H-pyrrole nitrogens is 1. The number of hydrogen-bond acceptors (Lipinski definition) is 6. The molecule has 11 heteroatoms. The van der Waals surface area contributed by atoms with Gasteiger partial charge in [0.25, 0.3) is 0 Å². The van der Waals surface area contributed by atoms with Crippen molar-refractivity contribution in [3.8, 4) is 0 Å². The smallest absolute Gasteiger partial charge is 0.475 e. The summed E-state index contributed by atoms with van der Waals surface area (Å²) >= 11 is 0. The molecule has 130 valence electrons. The Bertz CT molecular complexity index is 1060. The minimum Gasteiger partial charge on any atom is -0.475 e. The summed E-state index contributed by atoms with van der Waals surface area (Å²) in [5, 5.41) is 20.1. The zero-order chi connectivity index (χ0) is 18.6. The molecule has 0 aromatic carbocycles. The number of aromatic nitrogens is 3. The molecule has 0 bridgehead atoms. The minimum atomic E-state index is -5.08. The molecule has 0 saturated heterocycles. The molecule has 25 heavy (non-hydrogen) atoms. The first-order valence-electron chi connectivity index (χ1n) is 6.49. The molecule has 0 amide bonds. The summed E-state index contributed by atoms with van der Waals surface area (Å²) in [5.41, 5.74) is 0.629. The van der Waals surface area contributed by atoms with Crippen molar-refractivity contribution in [1.82, 2.24) is 15.0 Å². The number of halogens is 3. The van der Waals surface area contributed by atoms with Gasteiger partial charge in [-0.15, -0.1) is 0 Å². The van der Waals surface area contributed by atoms with Crippen molar-refractivity contribution in [2.45, 2.75) is 6.18 Å². The van der Waals surface area contributed by atoms with Crippen molar-refractivity contribution in [1.29, 1.82) is 0 Å². The average molecular weight is 354 g/mol. The highest BCUT2D eigenvalue weighted by Gasteiger charge is 2.38. The van der Waals surface area contributed by atoms with Crippen LogP contribution in [0.25, 0.3) is 21.9 Å². The molecule has 0 aliphatic heterocycles. The first-order valence-corrected chi connectivity index (χ1v) is 6.49. The van der Waals surface area contributed by atoms with E-state index in [1.807, 2.05) is 0 Å². The van der Waals surface area contributed by atoms with Crippen molar-refractivity contribution in [2.24, 2.45) is 5.16 Å². The summed E-state index contributed by atoms with van der Waals surface area (Å²) in [6.07, 6.45) is -0.420. The quantitative estimate of drug-likeness (QED) is 0.413. The van der Waals surface area contributed by atoms with Crippen molar-refractivity contribution < 1.29 is 28.3 Å². The molecular formula is C14H9F3N4O4. The zero-order valence-electron chi connectivity index (χ0n) is 12.2. The summed E-state index contributed by atoms with van der Waals surface area (Å²) in [5.74, 6) is -2.76. The monoisotopic (exact) mass is 354 g/mol. The Morgan fingerprint density at radius 3 is 2.48 bits per heavy atom. The van der Waals surface area contributed by atoms with E-state index < -0.39 is 12.1 Å². The number of carboxylic acids is 1. The van der Waals surface area contributed by atoms with Crippen LogP contribution in [0.1, 0.15) is 0 Å². The van der Waals surface area contributed by atoms with Crippen molar-refractivity contribution in [3.63, 3.8) is 0 Å². The SMILES string of the molecule is O=C(O)C(F)(F)F.O=c1c(=NO)c2ccncc2[nH]c2ncccc12. The van der Waals surface area contributed by atoms with Gasteiger partial charge in [0, 0.05) is 17.8 Å². The van der Waals surface area contributed by atoms with Crippen LogP contribution in [-0.4, -0.2) is 37.4 Å². The van der Waals surface area contributed by atoms with Gasteiger partial charge in [-0.25, -0.2) is 9.78 Å². The molecule has 0 radical (unpaired) electrons. The molecule has 0 spiro atoms. The van der Waals surface area contributed by atoms with Crippen LogP contribution in [0, 0.1) is 0 Å². The van der Waals surface area contributed by atoms with Gasteiger partial charge in [-0.3, -0.25) is 9.78 Å². The van der Waals surface area contributed by atoms with Crippen LogP contribution < -0.4 is 10.8 Å². The molecule has 8 nitrogen and oxygen atoms in total. The van der Waals surface area contributed by atoms with Crippen LogP contribution in [0.2, 0.25) is 0 Å². The van der Waals surface area contributed by atoms with E-state index in [0.29, 0.717) is 21.9 Å². The number of aliphatic carboxylic acids is 1. The molecule has 0 fully saturated rings. The third kappa shape index (κ3) is 3.88. The van der Waals surface area contributed by atoms with Crippen molar-refractivity contribution in [3.05, 3.63) is 52.4 Å². The third-order valence-corrected chi connectivity index (χ3v) is 2.94. The molecule has 3 heterocycles.